The molecule has 1 saturated heterocycles. The molecule has 11 nitrogen and oxygen atoms in total. The van der Waals surface area contributed by atoms with E-state index < -0.39 is 16.9 Å². The lowest BCUT2D eigenvalue weighted by Gasteiger charge is -2.37. The molecule has 202 valence electrons. The van der Waals surface area contributed by atoms with Gasteiger partial charge in [0.25, 0.3) is 5.69 Å². The standard InChI is InChI=1S/C26H30N4O7S/c1-4-36-24(32)17-9-11-28(12-10-17)21(31)14-20-15-38-26-27-16(3)22(25(33)37-5-2)23(29(20)26)18-7-6-8-19(13-18)30(34)35/h6-8,13,15,17,23H,4-5,9-12,14H2,1-3H3/t23-/m1/s1. The molecule has 0 radical (unpaired) electrons. The van der Waals surface area contributed by atoms with E-state index in [0.29, 0.717) is 54.7 Å². The number of esters is 2. The Morgan fingerprint density at radius 1 is 1.16 bits per heavy atom. The Hall–Kier alpha value is -3.67. The fourth-order valence-corrected chi connectivity index (χ4v) is 5.82. The number of hydrogen-bond donors (Lipinski definition) is 0. The first kappa shape index (κ1) is 27.4. The van der Waals surface area contributed by atoms with Gasteiger partial charge in [-0.1, -0.05) is 23.9 Å². The van der Waals surface area contributed by atoms with Crippen molar-refractivity contribution in [3.63, 3.8) is 0 Å². The number of carbonyl (C=O) groups excluding carboxylic acids is 3. The maximum atomic E-state index is 13.3. The van der Waals surface area contributed by atoms with Crippen LogP contribution in [0.4, 0.5) is 5.69 Å². The van der Waals surface area contributed by atoms with Crippen molar-refractivity contribution in [2.45, 2.75) is 46.1 Å². The number of benzene rings is 1. The Bertz CT molecular complexity index is 1230. The van der Waals surface area contributed by atoms with Gasteiger partial charge in [-0.15, -0.1) is 0 Å². The lowest BCUT2D eigenvalue weighted by molar-refractivity contribution is -0.384. The lowest BCUT2D eigenvalue weighted by Crippen LogP contribution is -2.42. The molecular weight excluding hydrogens is 512 g/mol. The van der Waals surface area contributed by atoms with Gasteiger partial charge in [0.1, 0.15) is 0 Å². The van der Waals surface area contributed by atoms with Crippen molar-refractivity contribution in [2.75, 3.05) is 26.3 Å². The molecule has 38 heavy (non-hydrogen) atoms. The highest BCUT2D eigenvalue weighted by Gasteiger charge is 2.42. The Kier molecular flexibility index (Phi) is 8.50. The molecule has 0 saturated carbocycles. The van der Waals surface area contributed by atoms with Gasteiger partial charge in [0, 0.05) is 30.9 Å². The fourth-order valence-electron chi connectivity index (χ4n) is 4.85. The largest absolute Gasteiger partial charge is 0.466 e. The van der Waals surface area contributed by atoms with Crippen molar-refractivity contribution < 1.29 is 28.8 Å². The topological polar surface area (TPSA) is 132 Å². The fraction of sp³-hybridized carbons (Fsp3) is 0.462. The summed E-state index contributed by atoms with van der Waals surface area (Å²) in [5.41, 5.74) is 1.78. The quantitative estimate of drug-likeness (QED) is 0.272. The number of ether oxygens (including phenoxy) is 2. The molecule has 0 aromatic heterocycles. The molecule has 0 N–H and O–H groups in total. The summed E-state index contributed by atoms with van der Waals surface area (Å²) >= 11 is 1.33. The molecule has 0 bridgehead atoms. The number of carbonyl (C=O) groups is 3. The number of likely N-dealkylation sites (tertiary alicyclic amines) is 1. The maximum Gasteiger partial charge on any atom is 0.338 e. The van der Waals surface area contributed by atoms with E-state index in [0.717, 1.165) is 0 Å². The second-order valence-corrected chi connectivity index (χ2v) is 9.89. The summed E-state index contributed by atoms with van der Waals surface area (Å²) in [6.07, 6.45) is 1.14. The third-order valence-corrected chi connectivity index (χ3v) is 7.58. The summed E-state index contributed by atoms with van der Waals surface area (Å²) in [6.45, 7) is 6.57. The number of thioether (sulfide) groups is 1. The van der Waals surface area contributed by atoms with Gasteiger partial charge in [0.15, 0.2) is 5.17 Å². The van der Waals surface area contributed by atoms with E-state index in [2.05, 4.69) is 4.99 Å². The van der Waals surface area contributed by atoms with Crippen LogP contribution in [-0.2, 0) is 23.9 Å². The number of rotatable bonds is 8. The van der Waals surface area contributed by atoms with E-state index in [-0.39, 0.29) is 42.1 Å². The molecule has 3 aliphatic heterocycles. The average Bonchev–Trinajstić information content (AvgIpc) is 3.29. The van der Waals surface area contributed by atoms with E-state index >= 15 is 0 Å². The van der Waals surface area contributed by atoms with Crippen molar-refractivity contribution in [1.82, 2.24) is 9.80 Å². The number of amidine groups is 1. The molecular formula is C26H30N4O7S. The summed E-state index contributed by atoms with van der Waals surface area (Å²) in [4.78, 5) is 57.6. The number of nitro groups is 1. The zero-order valence-electron chi connectivity index (χ0n) is 21.5. The van der Waals surface area contributed by atoms with Gasteiger partial charge in [-0.3, -0.25) is 19.7 Å². The van der Waals surface area contributed by atoms with E-state index in [9.17, 15) is 24.5 Å². The van der Waals surface area contributed by atoms with Crippen LogP contribution in [0.5, 0.6) is 0 Å². The van der Waals surface area contributed by atoms with Crippen LogP contribution in [0.2, 0.25) is 0 Å². The molecule has 3 heterocycles. The molecule has 0 unspecified atom stereocenters. The normalized spacial score (nSPS) is 19.5. The van der Waals surface area contributed by atoms with E-state index in [1.165, 1.54) is 23.9 Å². The highest BCUT2D eigenvalue weighted by Crippen LogP contribution is 2.45. The highest BCUT2D eigenvalue weighted by atomic mass is 32.2. The van der Waals surface area contributed by atoms with Gasteiger partial charge in [0.2, 0.25) is 5.91 Å². The van der Waals surface area contributed by atoms with Crippen molar-refractivity contribution in [3.05, 3.63) is 62.3 Å². The Balaban J connectivity index is 1.59. The lowest BCUT2D eigenvalue weighted by atomic mass is 9.93. The van der Waals surface area contributed by atoms with Crippen LogP contribution < -0.4 is 0 Å². The van der Waals surface area contributed by atoms with Gasteiger partial charge in [-0.2, -0.15) is 0 Å². The summed E-state index contributed by atoms with van der Waals surface area (Å²) in [5.74, 6) is -1.10. The molecule has 3 aliphatic rings. The number of non-ortho nitro benzene ring substituents is 1. The van der Waals surface area contributed by atoms with Crippen LogP contribution in [0, 0.1) is 16.0 Å². The number of fused-ring (bicyclic) bond motifs is 1. The monoisotopic (exact) mass is 542 g/mol. The molecule has 1 amide bonds. The maximum absolute atomic E-state index is 13.3. The zero-order valence-corrected chi connectivity index (χ0v) is 22.4. The van der Waals surface area contributed by atoms with Gasteiger partial charge < -0.3 is 19.3 Å². The number of hydrogen-bond acceptors (Lipinski definition) is 10. The van der Waals surface area contributed by atoms with Crippen LogP contribution >= 0.6 is 11.8 Å². The minimum Gasteiger partial charge on any atom is -0.466 e. The van der Waals surface area contributed by atoms with Gasteiger partial charge in [-0.25, -0.2) is 9.79 Å². The van der Waals surface area contributed by atoms with Crippen LogP contribution in [-0.4, -0.2) is 64.0 Å². The SMILES string of the molecule is CCOC(=O)C1=C(C)N=C2SC=C(CC(=O)N3CCC(C(=O)OCC)CC3)N2[C@@H]1c1cccc([N+](=O)[O-])c1. The average molecular weight is 543 g/mol. The number of aliphatic imine (C=N–C) groups is 1. The highest BCUT2D eigenvalue weighted by molar-refractivity contribution is 8.16. The first-order chi connectivity index (χ1) is 18.2. The Morgan fingerprint density at radius 3 is 2.53 bits per heavy atom. The molecule has 12 heteroatoms. The summed E-state index contributed by atoms with van der Waals surface area (Å²) in [6, 6.07) is 5.37. The van der Waals surface area contributed by atoms with Gasteiger partial charge in [-0.05, 0) is 44.6 Å². The van der Waals surface area contributed by atoms with Crippen LogP contribution in [0.3, 0.4) is 0 Å². The summed E-state index contributed by atoms with van der Waals surface area (Å²) in [5, 5.41) is 13.9. The molecule has 1 atom stereocenters. The Morgan fingerprint density at radius 2 is 1.87 bits per heavy atom. The zero-order chi connectivity index (χ0) is 27.4. The smallest absolute Gasteiger partial charge is 0.338 e. The number of nitro benzene ring substituents is 1. The molecule has 1 aromatic carbocycles. The van der Waals surface area contributed by atoms with Crippen molar-refractivity contribution in [2.24, 2.45) is 10.9 Å². The minimum absolute atomic E-state index is 0.0523. The van der Waals surface area contributed by atoms with E-state index in [1.54, 1.807) is 42.7 Å². The molecule has 0 spiro atoms. The first-order valence-corrected chi connectivity index (χ1v) is 13.4. The number of nitrogens with zero attached hydrogens (tertiary/aromatic N) is 4. The number of piperidine rings is 1. The van der Waals surface area contributed by atoms with Crippen LogP contribution in [0.25, 0.3) is 0 Å². The Labute approximate surface area is 224 Å². The second kappa shape index (κ2) is 11.8. The molecule has 1 fully saturated rings. The number of amides is 1. The van der Waals surface area contributed by atoms with Crippen LogP contribution in [0.15, 0.2) is 51.6 Å². The third kappa shape index (κ3) is 5.59. The minimum atomic E-state index is -0.745. The van der Waals surface area contributed by atoms with Crippen LogP contribution in [0.1, 0.15) is 51.6 Å². The third-order valence-electron chi connectivity index (χ3n) is 6.69. The molecule has 1 aromatic rings. The van der Waals surface area contributed by atoms with Crippen molar-refractivity contribution in [1.29, 1.82) is 0 Å². The molecule has 4 rings (SSSR count). The van der Waals surface area contributed by atoms with Gasteiger partial charge in [0.05, 0.1) is 47.8 Å². The van der Waals surface area contributed by atoms with Gasteiger partial charge >= 0.3 is 11.9 Å². The summed E-state index contributed by atoms with van der Waals surface area (Å²) in [7, 11) is 0. The van der Waals surface area contributed by atoms with Crippen molar-refractivity contribution >= 4 is 40.5 Å². The number of allylic oxidation sites excluding steroid dienone is 1. The molecule has 0 aliphatic carbocycles. The predicted molar refractivity (Wildman–Crippen MR) is 141 cm³/mol. The van der Waals surface area contributed by atoms with E-state index in [1.807, 2.05) is 5.41 Å². The van der Waals surface area contributed by atoms with Crippen molar-refractivity contribution in [3.8, 4) is 0 Å². The summed E-state index contributed by atoms with van der Waals surface area (Å²) < 4.78 is 10.4. The second-order valence-electron chi connectivity index (χ2n) is 9.05. The first-order valence-electron chi connectivity index (χ1n) is 12.5. The van der Waals surface area contributed by atoms with E-state index in [4.69, 9.17) is 9.47 Å². The predicted octanol–water partition coefficient (Wildman–Crippen LogP) is 3.92.